The molecule has 0 spiro atoms. The van der Waals surface area contributed by atoms with Crippen molar-refractivity contribution in [1.82, 2.24) is 5.32 Å². The smallest absolute Gasteiger partial charge is 0.408 e. The summed E-state index contributed by atoms with van der Waals surface area (Å²) in [5.74, 6) is -1.97. The fourth-order valence-corrected chi connectivity index (χ4v) is 0.924. The first-order valence-corrected chi connectivity index (χ1v) is 4.99. The van der Waals surface area contributed by atoms with Gasteiger partial charge in [-0.2, -0.15) is 13.2 Å². The molecule has 0 saturated carbocycles. The summed E-state index contributed by atoms with van der Waals surface area (Å²) >= 11 is 0. The zero-order valence-electron chi connectivity index (χ0n) is 10.1. The maximum absolute atomic E-state index is 12.3. The monoisotopic (exact) mass is 255 g/mol. The second kappa shape index (κ2) is 5.37. The van der Waals surface area contributed by atoms with Gasteiger partial charge in [-0.15, -0.1) is 0 Å². The van der Waals surface area contributed by atoms with Crippen LogP contribution in [0.2, 0.25) is 0 Å². The van der Waals surface area contributed by atoms with Gasteiger partial charge < -0.3 is 14.8 Å². The number of amides is 1. The molecule has 0 bridgehead atoms. The predicted molar refractivity (Wildman–Crippen MR) is 54.4 cm³/mol. The molecule has 0 aliphatic heterocycles. The van der Waals surface area contributed by atoms with E-state index in [9.17, 15) is 22.8 Å². The van der Waals surface area contributed by atoms with E-state index in [1.165, 1.54) is 0 Å². The number of alkyl carbamates (subject to hydrolysis) is 1. The summed E-state index contributed by atoms with van der Waals surface area (Å²) < 4.78 is 41.7. The van der Waals surface area contributed by atoms with Crippen LogP contribution in [-0.4, -0.2) is 30.2 Å². The van der Waals surface area contributed by atoms with Crippen molar-refractivity contribution in [2.24, 2.45) is 5.92 Å². The van der Waals surface area contributed by atoms with Gasteiger partial charge in [0.1, 0.15) is 11.9 Å². The standard InChI is InChI=1S/C10H16F3NO3/c1-6(10(11,12)13)7(5-15)14-8(16)17-9(2,3)4/h5-7H,1-4H3,(H,14,16). The minimum Gasteiger partial charge on any atom is -0.444 e. The van der Waals surface area contributed by atoms with Gasteiger partial charge in [0.05, 0.1) is 12.0 Å². The number of hydrogen-bond donors (Lipinski definition) is 1. The van der Waals surface area contributed by atoms with E-state index in [1.54, 1.807) is 20.8 Å². The summed E-state index contributed by atoms with van der Waals surface area (Å²) in [6, 6.07) is -1.65. The number of alkyl halides is 3. The van der Waals surface area contributed by atoms with E-state index in [-0.39, 0.29) is 6.29 Å². The average molecular weight is 255 g/mol. The Morgan fingerprint density at radius 1 is 1.29 bits per heavy atom. The molecule has 17 heavy (non-hydrogen) atoms. The molecule has 0 radical (unpaired) electrons. The van der Waals surface area contributed by atoms with Crippen molar-refractivity contribution in [3.63, 3.8) is 0 Å². The second-order valence-corrected chi connectivity index (χ2v) is 4.64. The van der Waals surface area contributed by atoms with Gasteiger partial charge in [-0.3, -0.25) is 0 Å². The second-order valence-electron chi connectivity index (χ2n) is 4.64. The average Bonchev–Trinajstić information content (AvgIpc) is 2.08. The third-order valence-corrected chi connectivity index (χ3v) is 1.88. The summed E-state index contributed by atoms with van der Waals surface area (Å²) in [6.07, 6.45) is -5.56. The Morgan fingerprint density at radius 3 is 2.06 bits per heavy atom. The van der Waals surface area contributed by atoms with Crippen LogP contribution in [0.3, 0.4) is 0 Å². The quantitative estimate of drug-likeness (QED) is 0.787. The van der Waals surface area contributed by atoms with Crippen LogP contribution in [0.4, 0.5) is 18.0 Å². The van der Waals surface area contributed by atoms with Crippen molar-refractivity contribution >= 4 is 12.4 Å². The predicted octanol–water partition coefficient (Wildman–Crippen LogP) is 2.28. The Morgan fingerprint density at radius 2 is 1.76 bits per heavy atom. The van der Waals surface area contributed by atoms with Gasteiger partial charge in [0, 0.05) is 0 Å². The molecular formula is C10H16F3NO3. The fourth-order valence-electron chi connectivity index (χ4n) is 0.924. The molecule has 0 saturated heterocycles. The van der Waals surface area contributed by atoms with E-state index < -0.39 is 29.8 Å². The molecule has 1 N–H and O–H groups in total. The molecule has 2 unspecified atom stereocenters. The van der Waals surface area contributed by atoms with Crippen LogP contribution < -0.4 is 5.32 Å². The summed E-state index contributed by atoms with van der Waals surface area (Å²) in [6.45, 7) is 5.51. The van der Waals surface area contributed by atoms with Crippen LogP contribution in [0.1, 0.15) is 27.7 Å². The first-order chi connectivity index (χ1) is 7.47. The van der Waals surface area contributed by atoms with Gasteiger partial charge in [-0.05, 0) is 20.8 Å². The van der Waals surface area contributed by atoms with Crippen molar-refractivity contribution in [2.75, 3.05) is 0 Å². The Bertz CT molecular complexity index is 284. The molecule has 0 aromatic carbocycles. The Labute approximate surface area is 97.5 Å². The van der Waals surface area contributed by atoms with Crippen LogP contribution >= 0.6 is 0 Å². The highest BCUT2D eigenvalue weighted by molar-refractivity contribution is 5.73. The third-order valence-electron chi connectivity index (χ3n) is 1.88. The van der Waals surface area contributed by atoms with E-state index in [0.717, 1.165) is 6.92 Å². The number of carbonyl (C=O) groups excluding carboxylic acids is 2. The van der Waals surface area contributed by atoms with Crippen molar-refractivity contribution in [1.29, 1.82) is 0 Å². The van der Waals surface area contributed by atoms with Gasteiger partial charge in [0.25, 0.3) is 0 Å². The van der Waals surface area contributed by atoms with Crippen molar-refractivity contribution in [3.05, 3.63) is 0 Å². The van der Waals surface area contributed by atoms with Crippen LogP contribution in [0.15, 0.2) is 0 Å². The zero-order chi connectivity index (χ0) is 13.9. The fraction of sp³-hybridized carbons (Fsp3) is 0.800. The molecule has 100 valence electrons. The molecule has 0 fully saturated rings. The normalized spacial score (nSPS) is 15.9. The van der Waals surface area contributed by atoms with Crippen LogP contribution in [0.5, 0.6) is 0 Å². The van der Waals surface area contributed by atoms with Crippen molar-refractivity contribution in [2.45, 2.75) is 45.5 Å². The van der Waals surface area contributed by atoms with E-state index >= 15 is 0 Å². The number of rotatable bonds is 3. The summed E-state index contributed by atoms with van der Waals surface area (Å²) in [4.78, 5) is 21.7. The van der Waals surface area contributed by atoms with E-state index in [2.05, 4.69) is 0 Å². The van der Waals surface area contributed by atoms with E-state index in [1.807, 2.05) is 5.32 Å². The maximum atomic E-state index is 12.3. The minimum atomic E-state index is -4.55. The lowest BCUT2D eigenvalue weighted by molar-refractivity contribution is -0.177. The lowest BCUT2D eigenvalue weighted by atomic mass is 10.0. The highest BCUT2D eigenvalue weighted by Crippen LogP contribution is 2.27. The van der Waals surface area contributed by atoms with Crippen molar-refractivity contribution in [3.8, 4) is 0 Å². The van der Waals surface area contributed by atoms with Gasteiger partial charge >= 0.3 is 12.3 Å². The van der Waals surface area contributed by atoms with Gasteiger partial charge in [-0.25, -0.2) is 4.79 Å². The molecule has 0 aromatic heterocycles. The van der Waals surface area contributed by atoms with Crippen LogP contribution in [0, 0.1) is 5.92 Å². The summed E-state index contributed by atoms with van der Waals surface area (Å²) in [5.41, 5.74) is -0.834. The van der Waals surface area contributed by atoms with Crippen LogP contribution in [-0.2, 0) is 9.53 Å². The molecule has 0 aromatic rings. The molecule has 0 rings (SSSR count). The Balaban J connectivity index is 4.52. The zero-order valence-corrected chi connectivity index (χ0v) is 10.1. The number of nitrogens with one attached hydrogen (secondary N) is 1. The number of halogens is 3. The van der Waals surface area contributed by atoms with Gasteiger partial charge in [-0.1, -0.05) is 6.92 Å². The molecule has 0 heterocycles. The maximum Gasteiger partial charge on any atom is 0.408 e. The molecule has 4 nitrogen and oxygen atoms in total. The Hall–Kier alpha value is -1.27. The highest BCUT2D eigenvalue weighted by atomic mass is 19.4. The largest absolute Gasteiger partial charge is 0.444 e. The van der Waals surface area contributed by atoms with Gasteiger partial charge in [0.2, 0.25) is 0 Å². The number of aldehydes is 1. The number of hydrogen-bond acceptors (Lipinski definition) is 3. The molecule has 1 amide bonds. The molecule has 2 atom stereocenters. The topological polar surface area (TPSA) is 55.4 Å². The lowest BCUT2D eigenvalue weighted by Crippen LogP contribution is -2.47. The number of ether oxygens (including phenoxy) is 1. The molecule has 0 aliphatic carbocycles. The first-order valence-electron chi connectivity index (χ1n) is 4.99. The minimum absolute atomic E-state index is 0.0437. The summed E-state index contributed by atoms with van der Waals surface area (Å²) in [5, 5.41) is 1.88. The molecular weight excluding hydrogens is 239 g/mol. The Kier molecular flexibility index (Phi) is 4.97. The van der Waals surface area contributed by atoms with Crippen LogP contribution in [0.25, 0.3) is 0 Å². The first kappa shape index (κ1) is 15.7. The lowest BCUT2D eigenvalue weighted by Gasteiger charge is -2.25. The SMILES string of the molecule is CC(C(C=O)NC(=O)OC(C)(C)C)C(F)(F)F. The highest BCUT2D eigenvalue weighted by Gasteiger charge is 2.42. The molecule has 7 heteroatoms. The molecule has 0 aliphatic rings. The van der Waals surface area contributed by atoms with Crippen molar-refractivity contribution < 1.29 is 27.5 Å². The van der Waals surface area contributed by atoms with Gasteiger partial charge in [0.15, 0.2) is 0 Å². The summed E-state index contributed by atoms with van der Waals surface area (Å²) in [7, 11) is 0. The van der Waals surface area contributed by atoms with E-state index in [0.29, 0.717) is 0 Å². The number of carbonyl (C=O) groups is 2. The van der Waals surface area contributed by atoms with E-state index in [4.69, 9.17) is 4.74 Å². The third kappa shape index (κ3) is 6.13.